The average molecular weight is 303 g/mol. The van der Waals surface area contributed by atoms with E-state index >= 15 is 0 Å². The lowest BCUT2D eigenvalue weighted by atomic mass is 10.2. The molecule has 1 N–H and O–H groups in total. The molecule has 1 aromatic carbocycles. The summed E-state index contributed by atoms with van der Waals surface area (Å²) in [5, 5.41) is 15.0. The Balaban J connectivity index is 2.03. The van der Waals surface area contributed by atoms with E-state index in [1.54, 1.807) is 12.1 Å². The van der Waals surface area contributed by atoms with Crippen molar-refractivity contribution < 1.29 is 13.3 Å². The van der Waals surface area contributed by atoms with Crippen LogP contribution in [0.2, 0.25) is 5.02 Å². The van der Waals surface area contributed by atoms with Gasteiger partial charge in [-0.1, -0.05) is 23.7 Å². The third-order valence-corrected chi connectivity index (χ3v) is 4.42. The van der Waals surface area contributed by atoms with E-state index in [4.69, 9.17) is 11.6 Å². The molecule has 0 aromatic heterocycles. The minimum absolute atomic E-state index is 0.0166. The summed E-state index contributed by atoms with van der Waals surface area (Å²) >= 11 is 5.70. The zero-order valence-corrected chi connectivity index (χ0v) is 11.3. The van der Waals surface area contributed by atoms with E-state index in [-0.39, 0.29) is 22.5 Å². The van der Waals surface area contributed by atoms with Crippen LogP contribution in [0.4, 0.5) is 5.69 Å². The zero-order chi connectivity index (χ0) is 14.0. The van der Waals surface area contributed by atoms with Crippen LogP contribution in [0.3, 0.4) is 0 Å². The zero-order valence-electron chi connectivity index (χ0n) is 9.74. The second-order valence-corrected chi connectivity index (χ2v) is 6.53. The topological polar surface area (TPSA) is 89.3 Å². The van der Waals surface area contributed by atoms with Gasteiger partial charge in [-0.3, -0.25) is 10.1 Å². The van der Waals surface area contributed by atoms with Crippen molar-refractivity contribution >= 4 is 27.1 Å². The van der Waals surface area contributed by atoms with Crippen LogP contribution in [0.5, 0.6) is 0 Å². The fraction of sp³-hybridized carbons (Fsp3) is 0.273. The second-order valence-electron chi connectivity index (χ2n) is 4.19. The van der Waals surface area contributed by atoms with Gasteiger partial charge in [0.05, 0.1) is 10.7 Å². The third-order valence-electron chi connectivity index (χ3n) is 2.71. The van der Waals surface area contributed by atoms with E-state index < -0.39 is 14.8 Å². The van der Waals surface area contributed by atoms with Crippen molar-refractivity contribution in [3.05, 3.63) is 50.4 Å². The molecule has 2 rings (SSSR count). The van der Waals surface area contributed by atoms with Gasteiger partial charge in [0.1, 0.15) is 5.02 Å². The molecule has 0 bridgehead atoms. The highest BCUT2D eigenvalue weighted by molar-refractivity contribution is 7.94. The van der Waals surface area contributed by atoms with Crippen molar-refractivity contribution in [2.24, 2.45) is 0 Å². The van der Waals surface area contributed by atoms with Gasteiger partial charge < -0.3 is 5.32 Å². The van der Waals surface area contributed by atoms with Gasteiger partial charge in [0.15, 0.2) is 9.84 Å². The monoisotopic (exact) mass is 302 g/mol. The molecule has 8 heteroatoms. The van der Waals surface area contributed by atoms with Crippen LogP contribution in [0, 0.1) is 10.1 Å². The van der Waals surface area contributed by atoms with Gasteiger partial charge in [-0.05, 0) is 11.6 Å². The van der Waals surface area contributed by atoms with Gasteiger partial charge in [-0.15, -0.1) is 0 Å². The molecule has 102 valence electrons. The lowest BCUT2D eigenvalue weighted by molar-refractivity contribution is -0.384. The number of nitro benzene ring substituents is 1. The molecule has 6 nitrogen and oxygen atoms in total. The number of benzene rings is 1. The predicted octanol–water partition coefficient (Wildman–Crippen LogP) is 1.65. The summed E-state index contributed by atoms with van der Waals surface area (Å²) in [5.74, 6) is 0.0166. The first kappa shape index (κ1) is 14.0. The molecule has 1 heterocycles. The second kappa shape index (κ2) is 5.28. The lowest BCUT2D eigenvalue weighted by Crippen LogP contribution is -2.29. The minimum atomic E-state index is -3.10. The third kappa shape index (κ3) is 3.52. The molecule has 1 aromatic rings. The molecule has 1 atom stereocenters. The molecular formula is C11H11ClN2O4S. The van der Waals surface area contributed by atoms with Crippen LogP contribution in [0.25, 0.3) is 0 Å². The summed E-state index contributed by atoms with van der Waals surface area (Å²) in [6.07, 6.45) is 1.57. The van der Waals surface area contributed by atoms with E-state index in [1.165, 1.54) is 17.5 Å². The van der Waals surface area contributed by atoms with E-state index in [2.05, 4.69) is 5.32 Å². The molecule has 0 amide bonds. The van der Waals surface area contributed by atoms with Gasteiger partial charge in [0.2, 0.25) is 0 Å². The maximum atomic E-state index is 11.2. The Morgan fingerprint density at radius 3 is 2.79 bits per heavy atom. The van der Waals surface area contributed by atoms with Crippen molar-refractivity contribution in [3.8, 4) is 0 Å². The first-order valence-corrected chi connectivity index (χ1v) is 7.54. The van der Waals surface area contributed by atoms with Gasteiger partial charge in [-0.25, -0.2) is 8.42 Å². The fourth-order valence-corrected chi connectivity index (χ4v) is 3.22. The van der Waals surface area contributed by atoms with Crippen molar-refractivity contribution in [1.29, 1.82) is 0 Å². The summed E-state index contributed by atoms with van der Waals surface area (Å²) in [6.45, 7) is 0.336. The molecule has 0 radical (unpaired) electrons. The first-order chi connectivity index (χ1) is 8.87. The van der Waals surface area contributed by atoms with Gasteiger partial charge >= 0.3 is 0 Å². The Morgan fingerprint density at radius 2 is 2.21 bits per heavy atom. The van der Waals surface area contributed by atoms with E-state index in [0.29, 0.717) is 12.1 Å². The van der Waals surface area contributed by atoms with Crippen molar-refractivity contribution in [2.75, 3.05) is 5.75 Å². The van der Waals surface area contributed by atoms with E-state index in [9.17, 15) is 18.5 Å². The number of hydrogen-bond acceptors (Lipinski definition) is 5. The molecule has 1 unspecified atom stereocenters. The van der Waals surface area contributed by atoms with Crippen molar-refractivity contribution in [3.63, 3.8) is 0 Å². The number of hydrogen-bond donors (Lipinski definition) is 1. The maximum absolute atomic E-state index is 11.2. The highest BCUT2D eigenvalue weighted by Gasteiger charge is 2.21. The molecule has 1 aliphatic heterocycles. The maximum Gasteiger partial charge on any atom is 0.288 e. The number of nitrogens with one attached hydrogen (secondary N) is 1. The number of rotatable bonds is 4. The highest BCUT2D eigenvalue weighted by Crippen LogP contribution is 2.25. The smallest absolute Gasteiger partial charge is 0.288 e. The normalized spacial score (nSPS) is 20.6. The van der Waals surface area contributed by atoms with E-state index in [0.717, 1.165) is 0 Å². The summed E-state index contributed by atoms with van der Waals surface area (Å²) in [7, 11) is -3.10. The lowest BCUT2D eigenvalue weighted by Gasteiger charge is -2.09. The van der Waals surface area contributed by atoms with E-state index in [1.807, 2.05) is 0 Å². The summed E-state index contributed by atoms with van der Waals surface area (Å²) in [6, 6.07) is 4.23. The van der Waals surface area contributed by atoms with Crippen LogP contribution < -0.4 is 5.32 Å². The van der Waals surface area contributed by atoms with Crippen molar-refractivity contribution in [1.82, 2.24) is 5.32 Å². The van der Waals surface area contributed by atoms with Gasteiger partial charge in [-0.2, -0.15) is 0 Å². The molecule has 0 saturated heterocycles. The molecule has 0 saturated carbocycles. The van der Waals surface area contributed by atoms with Crippen LogP contribution in [0.1, 0.15) is 5.56 Å². The summed E-state index contributed by atoms with van der Waals surface area (Å²) < 4.78 is 22.4. The number of halogens is 1. The SMILES string of the molecule is O=[N+]([O-])c1cc(CNC2C=CS(=O)(=O)C2)ccc1Cl. The molecule has 0 fully saturated rings. The first-order valence-electron chi connectivity index (χ1n) is 5.44. The number of sulfone groups is 1. The molecule has 0 spiro atoms. The molecule has 1 aliphatic rings. The van der Waals surface area contributed by atoms with Gasteiger partial charge in [0, 0.05) is 24.1 Å². The minimum Gasteiger partial charge on any atom is -0.305 e. The quantitative estimate of drug-likeness (QED) is 0.674. The molecule has 0 aliphatic carbocycles. The Morgan fingerprint density at radius 1 is 1.47 bits per heavy atom. The average Bonchev–Trinajstić information content (AvgIpc) is 2.67. The Bertz CT molecular complexity index is 642. The standard InChI is InChI=1S/C11H11ClN2O4S/c12-10-2-1-8(5-11(10)14(15)16)6-13-9-3-4-19(17,18)7-9/h1-5,9,13H,6-7H2. The van der Waals surface area contributed by atoms with Crippen LogP contribution in [0.15, 0.2) is 29.7 Å². The molecule has 19 heavy (non-hydrogen) atoms. The number of nitrogens with zero attached hydrogens (tertiary/aromatic N) is 1. The van der Waals surface area contributed by atoms with Crippen molar-refractivity contribution in [2.45, 2.75) is 12.6 Å². The highest BCUT2D eigenvalue weighted by atomic mass is 35.5. The van der Waals surface area contributed by atoms with Crippen LogP contribution in [-0.2, 0) is 16.4 Å². The molecular weight excluding hydrogens is 292 g/mol. The van der Waals surface area contributed by atoms with Crippen LogP contribution in [-0.4, -0.2) is 25.1 Å². The number of nitro groups is 1. The summed E-state index contributed by atoms with van der Waals surface area (Å²) in [5.41, 5.74) is 0.518. The Hall–Kier alpha value is -1.44. The summed E-state index contributed by atoms with van der Waals surface area (Å²) in [4.78, 5) is 10.2. The van der Waals surface area contributed by atoms with Crippen LogP contribution >= 0.6 is 11.6 Å². The predicted molar refractivity (Wildman–Crippen MR) is 71.7 cm³/mol. The fourth-order valence-electron chi connectivity index (χ4n) is 1.76. The largest absolute Gasteiger partial charge is 0.305 e. The van der Waals surface area contributed by atoms with Gasteiger partial charge in [0.25, 0.3) is 5.69 Å². The Labute approximate surface area is 115 Å². The Kier molecular flexibility index (Phi) is 3.88.